The van der Waals surface area contributed by atoms with Crippen molar-refractivity contribution in [1.29, 1.82) is 0 Å². The highest BCUT2D eigenvalue weighted by molar-refractivity contribution is 9.10. The number of Topliss-reactive ketones (excluding diaryl/α,β-unsaturated/α-hetero) is 1. The van der Waals surface area contributed by atoms with Gasteiger partial charge in [-0.25, -0.2) is 4.90 Å². The zero-order chi connectivity index (χ0) is 27.4. The summed E-state index contributed by atoms with van der Waals surface area (Å²) in [5.41, 5.74) is 2.49. The van der Waals surface area contributed by atoms with E-state index in [0.29, 0.717) is 27.2 Å². The maximum absolute atomic E-state index is 14.2. The largest absolute Gasteiger partial charge is 0.496 e. The van der Waals surface area contributed by atoms with Gasteiger partial charge in [0.05, 0.1) is 35.1 Å². The quantitative estimate of drug-likeness (QED) is 0.186. The summed E-state index contributed by atoms with van der Waals surface area (Å²) in [6.07, 6.45) is 3.86. The third-order valence-corrected chi connectivity index (χ3v) is 8.10. The predicted molar refractivity (Wildman–Crippen MR) is 148 cm³/mol. The number of carbonyl (C=O) groups excluding carboxylic acids is 4. The number of hydrogen-bond acceptors (Lipinski definition) is 7. The van der Waals surface area contributed by atoms with Crippen LogP contribution in [0.5, 0.6) is 11.5 Å². The zero-order valence-electron chi connectivity index (χ0n) is 21.0. The van der Waals surface area contributed by atoms with E-state index in [4.69, 9.17) is 9.47 Å². The Morgan fingerprint density at radius 3 is 2.33 bits per heavy atom. The molecule has 3 heterocycles. The van der Waals surface area contributed by atoms with Gasteiger partial charge in [-0.15, -0.1) is 0 Å². The first-order chi connectivity index (χ1) is 18.8. The fourth-order valence-corrected chi connectivity index (χ4v) is 6.43. The lowest BCUT2D eigenvalue weighted by Crippen LogP contribution is -2.48. The van der Waals surface area contributed by atoms with E-state index in [1.807, 2.05) is 41.3 Å². The van der Waals surface area contributed by atoms with E-state index in [-0.39, 0.29) is 11.7 Å². The summed E-state index contributed by atoms with van der Waals surface area (Å²) in [5.74, 6) is -2.27. The van der Waals surface area contributed by atoms with Crippen LogP contribution >= 0.6 is 15.9 Å². The summed E-state index contributed by atoms with van der Waals surface area (Å²) in [4.78, 5) is 56.5. The number of ether oxygens (including phenoxy) is 2. The van der Waals surface area contributed by atoms with E-state index in [2.05, 4.69) is 15.9 Å². The van der Waals surface area contributed by atoms with E-state index < -0.39 is 35.8 Å². The molecule has 0 aliphatic carbocycles. The van der Waals surface area contributed by atoms with Crippen LogP contribution in [0.4, 0.5) is 11.4 Å². The number of halogens is 1. The van der Waals surface area contributed by atoms with Crippen molar-refractivity contribution in [3.05, 3.63) is 88.4 Å². The standard InChI is InChI=1S/C30H23BrN2O6/c1-16(34)39-20-11-9-19(10-12-20)32-29(36)25-23-13-7-17-5-3-4-6-22(17)33(23)27(26(25)30(32)37)28(35)18-8-14-24(38-2)21(31)15-18/h3-15,23,25-27H,1-2H3. The Bertz CT molecular complexity index is 1570. The Morgan fingerprint density at radius 2 is 1.64 bits per heavy atom. The number of nitrogens with zero attached hydrogens (tertiary/aromatic N) is 2. The van der Waals surface area contributed by atoms with Crippen LogP contribution in [-0.4, -0.2) is 42.8 Å². The van der Waals surface area contributed by atoms with Crippen LogP contribution in [0.1, 0.15) is 22.8 Å². The fourth-order valence-electron chi connectivity index (χ4n) is 5.89. The Morgan fingerprint density at radius 1 is 0.923 bits per heavy atom. The first kappa shape index (κ1) is 25.1. The molecule has 0 aromatic heterocycles. The molecule has 4 unspecified atom stereocenters. The number of imide groups is 1. The summed E-state index contributed by atoms with van der Waals surface area (Å²) in [6.45, 7) is 1.29. The van der Waals surface area contributed by atoms with Crippen LogP contribution in [-0.2, 0) is 14.4 Å². The second kappa shape index (κ2) is 9.50. The number of rotatable bonds is 5. The Hall–Kier alpha value is -4.24. The second-order valence-corrected chi connectivity index (χ2v) is 10.5. The minimum atomic E-state index is -0.895. The summed E-state index contributed by atoms with van der Waals surface area (Å²) < 4.78 is 11.0. The smallest absolute Gasteiger partial charge is 0.308 e. The zero-order valence-corrected chi connectivity index (χ0v) is 22.6. The molecule has 0 radical (unpaired) electrons. The van der Waals surface area contributed by atoms with Crippen LogP contribution in [0.25, 0.3) is 6.08 Å². The van der Waals surface area contributed by atoms with Gasteiger partial charge in [-0.05, 0) is 70.0 Å². The Labute approximate surface area is 232 Å². The van der Waals surface area contributed by atoms with E-state index in [1.165, 1.54) is 19.1 Å². The Kier molecular flexibility index (Phi) is 6.10. The molecule has 4 atom stereocenters. The van der Waals surface area contributed by atoms with Crippen molar-refractivity contribution in [2.75, 3.05) is 16.9 Å². The van der Waals surface area contributed by atoms with Gasteiger partial charge in [0.2, 0.25) is 11.8 Å². The van der Waals surface area contributed by atoms with Crippen LogP contribution < -0.4 is 19.3 Å². The average Bonchev–Trinajstić information content (AvgIpc) is 3.41. The van der Waals surface area contributed by atoms with Gasteiger partial charge in [0, 0.05) is 18.2 Å². The summed E-state index contributed by atoms with van der Waals surface area (Å²) in [5, 5.41) is 0. The monoisotopic (exact) mass is 586 g/mol. The molecule has 2 saturated heterocycles. The number of para-hydroxylation sites is 1. The molecular weight excluding hydrogens is 564 g/mol. The first-order valence-corrected chi connectivity index (χ1v) is 13.2. The average molecular weight is 587 g/mol. The van der Waals surface area contributed by atoms with E-state index in [1.54, 1.807) is 37.4 Å². The summed E-state index contributed by atoms with van der Waals surface area (Å²) >= 11 is 3.45. The number of hydrogen-bond donors (Lipinski definition) is 0. The molecule has 2 amide bonds. The lowest BCUT2D eigenvalue weighted by molar-refractivity contribution is -0.132. The molecule has 39 heavy (non-hydrogen) atoms. The van der Waals surface area contributed by atoms with Gasteiger partial charge >= 0.3 is 5.97 Å². The normalized spacial score (nSPS) is 22.8. The van der Waals surface area contributed by atoms with Gasteiger partial charge in [0.1, 0.15) is 17.5 Å². The molecule has 9 heteroatoms. The van der Waals surface area contributed by atoms with Gasteiger partial charge in [0.15, 0.2) is 5.78 Å². The maximum Gasteiger partial charge on any atom is 0.308 e. The van der Waals surface area contributed by atoms with Crippen molar-refractivity contribution in [1.82, 2.24) is 0 Å². The molecule has 0 spiro atoms. The van der Waals surface area contributed by atoms with Crippen LogP contribution in [0.15, 0.2) is 77.3 Å². The first-order valence-electron chi connectivity index (χ1n) is 12.4. The van der Waals surface area contributed by atoms with Crippen molar-refractivity contribution >= 4 is 56.9 Å². The third kappa shape index (κ3) is 3.96. The van der Waals surface area contributed by atoms with Crippen molar-refractivity contribution in [3.63, 3.8) is 0 Å². The maximum atomic E-state index is 14.2. The van der Waals surface area contributed by atoms with Gasteiger partial charge in [-0.2, -0.15) is 0 Å². The number of methoxy groups -OCH3 is 1. The summed E-state index contributed by atoms with van der Waals surface area (Å²) in [6, 6.07) is 17.5. The second-order valence-electron chi connectivity index (χ2n) is 9.63. The molecule has 2 fully saturated rings. The number of benzene rings is 3. The van der Waals surface area contributed by atoms with Crippen LogP contribution in [0.3, 0.4) is 0 Å². The van der Waals surface area contributed by atoms with Crippen molar-refractivity contribution < 1.29 is 28.7 Å². The van der Waals surface area contributed by atoms with Crippen molar-refractivity contribution in [3.8, 4) is 11.5 Å². The van der Waals surface area contributed by atoms with E-state index in [0.717, 1.165) is 16.2 Å². The molecule has 0 bridgehead atoms. The number of carbonyl (C=O) groups is 4. The third-order valence-electron chi connectivity index (χ3n) is 7.48. The van der Waals surface area contributed by atoms with Crippen molar-refractivity contribution in [2.45, 2.75) is 19.0 Å². The molecule has 3 aromatic rings. The van der Waals surface area contributed by atoms with Crippen molar-refractivity contribution in [2.24, 2.45) is 11.8 Å². The molecular formula is C30H23BrN2O6. The van der Waals surface area contributed by atoms with Crippen LogP contribution in [0, 0.1) is 11.8 Å². The van der Waals surface area contributed by atoms with Gasteiger partial charge < -0.3 is 14.4 Å². The lowest BCUT2D eigenvalue weighted by atomic mass is 9.86. The minimum Gasteiger partial charge on any atom is -0.496 e. The number of anilines is 2. The molecule has 3 aliphatic heterocycles. The number of amides is 2. The summed E-state index contributed by atoms with van der Waals surface area (Å²) in [7, 11) is 1.54. The molecule has 3 aromatic carbocycles. The molecule has 3 aliphatic rings. The van der Waals surface area contributed by atoms with Gasteiger partial charge in [0.25, 0.3) is 0 Å². The molecule has 0 N–H and O–H groups in total. The highest BCUT2D eigenvalue weighted by Crippen LogP contribution is 2.50. The van der Waals surface area contributed by atoms with E-state index >= 15 is 0 Å². The fraction of sp³-hybridized carbons (Fsp3) is 0.200. The number of ketones is 1. The minimum absolute atomic E-state index is 0.255. The lowest BCUT2D eigenvalue weighted by Gasteiger charge is -2.36. The van der Waals surface area contributed by atoms with Crippen LogP contribution in [0.2, 0.25) is 0 Å². The topological polar surface area (TPSA) is 93.2 Å². The molecule has 196 valence electrons. The highest BCUT2D eigenvalue weighted by Gasteiger charge is 2.64. The Balaban J connectivity index is 1.43. The highest BCUT2D eigenvalue weighted by atomic mass is 79.9. The molecule has 0 saturated carbocycles. The van der Waals surface area contributed by atoms with Gasteiger partial charge in [-0.1, -0.05) is 30.4 Å². The van der Waals surface area contributed by atoms with Gasteiger partial charge in [-0.3, -0.25) is 19.2 Å². The predicted octanol–water partition coefficient (Wildman–Crippen LogP) is 4.66. The molecule has 8 nitrogen and oxygen atoms in total. The van der Waals surface area contributed by atoms with E-state index in [9.17, 15) is 19.2 Å². The SMILES string of the molecule is COc1ccc(C(=O)C2C3C(=O)N(c4ccc(OC(C)=O)cc4)C(=O)C3C3C=Cc4ccccc4N32)cc1Br. The number of esters is 1. The molecule has 6 rings (SSSR count). The number of fused-ring (bicyclic) bond motifs is 5.